The first-order valence-corrected chi connectivity index (χ1v) is 8.24. The fourth-order valence-corrected chi connectivity index (χ4v) is 2.51. The van der Waals surface area contributed by atoms with Crippen molar-refractivity contribution in [2.75, 3.05) is 18.9 Å². The molecule has 0 fully saturated rings. The van der Waals surface area contributed by atoms with E-state index in [1.807, 2.05) is 30.3 Å². The summed E-state index contributed by atoms with van der Waals surface area (Å²) < 4.78 is 4.86. The normalized spacial score (nSPS) is 11.2. The molecule has 6 nitrogen and oxygen atoms in total. The van der Waals surface area contributed by atoms with E-state index < -0.39 is 5.97 Å². The second-order valence-corrected chi connectivity index (χ2v) is 5.57. The van der Waals surface area contributed by atoms with Gasteiger partial charge >= 0.3 is 5.97 Å². The fourth-order valence-electron chi connectivity index (χ4n) is 2.51. The maximum Gasteiger partial charge on any atom is 0.319 e. The van der Waals surface area contributed by atoms with E-state index in [1.54, 1.807) is 25.1 Å². The topological polar surface area (TPSA) is 104 Å². The molecule has 0 aliphatic heterocycles. The van der Waals surface area contributed by atoms with Crippen molar-refractivity contribution in [2.24, 2.45) is 0 Å². The van der Waals surface area contributed by atoms with E-state index in [2.05, 4.69) is 5.32 Å². The van der Waals surface area contributed by atoms with Crippen molar-refractivity contribution in [3.8, 4) is 0 Å². The quantitative estimate of drug-likeness (QED) is 0.418. The molecular formula is C20H21N2O4-. The molecule has 6 heteroatoms. The molecule has 2 aromatic rings. The molecule has 0 heterocycles. The van der Waals surface area contributed by atoms with Crippen LogP contribution in [0, 0.1) is 0 Å². The molecule has 0 aliphatic rings. The van der Waals surface area contributed by atoms with Crippen molar-refractivity contribution in [3.05, 3.63) is 71.3 Å². The summed E-state index contributed by atoms with van der Waals surface area (Å²) in [7, 11) is 0. The summed E-state index contributed by atoms with van der Waals surface area (Å²) in [5.74, 6) is -1.62. The smallest absolute Gasteiger partial charge is 0.319 e. The average Bonchev–Trinajstić information content (AvgIpc) is 2.62. The summed E-state index contributed by atoms with van der Waals surface area (Å²) in [6, 6.07) is 14.4. The third kappa shape index (κ3) is 5.46. The van der Waals surface area contributed by atoms with Crippen LogP contribution < -0.4 is 16.2 Å². The number of carboxylic acid groups (broad SMARTS) is 1. The van der Waals surface area contributed by atoms with Crippen molar-refractivity contribution >= 4 is 23.2 Å². The van der Waals surface area contributed by atoms with Crippen LogP contribution in [0.2, 0.25) is 0 Å². The monoisotopic (exact) mass is 353 g/mol. The Morgan fingerprint density at radius 2 is 1.88 bits per heavy atom. The van der Waals surface area contributed by atoms with Crippen LogP contribution in [0.1, 0.15) is 23.6 Å². The highest BCUT2D eigenvalue weighted by atomic mass is 16.5. The second-order valence-electron chi connectivity index (χ2n) is 5.57. The Hall–Kier alpha value is -3.12. The molecule has 0 amide bonds. The Labute approximate surface area is 152 Å². The van der Waals surface area contributed by atoms with Crippen LogP contribution in [0.4, 0.5) is 5.69 Å². The minimum absolute atomic E-state index is 0.0674. The molecule has 0 bridgehead atoms. The van der Waals surface area contributed by atoms with Gasteiger partial charge in [-0.15, -0.1) is 0 Å². The Morgan fingerprint density at radius 3 is 2.54 bits per heavy atom. The molecule has 0 aromatic heterocycles. The van der Waals surface area contributed by atoms with Crippen LogP contribution in [-0.4, -0.2) is 25.1 Å². The first-order valence-electron chi connectivity index (χ1n) is 8.24. The number of anilines is 1. The number of esters is 1. The Kier molecular flexibility index (Phi) is 6.93. The van der Waals surface area contributed by atoms with Crippen molar-refractivity contribution < 1.29 is 19.4 Å². The first-order chi connectivity index (χ1) is 12.5. The number of carbonyl (C=O) groups is 2. The highest BCUT2D eigenvalue weighted by molar-refractivity contribution is 5.94. The van der Waals surface area contributed by atoms with Crippen molar-refractivity contribution in [1.29, 1.82) is 0 Å². The number of nitrogens with one attached hydrogen (secondary N) is 1. The lowest BCUT2D eigenvalue weighted by atomic mass is 9.95. The second kappa shape index (κ2) is 9.39. The highest BCUT2D eigenvalue weighted by Gasteiger charge is 2.09. The van der Waals surface area contributed by atoms with Gasteiger partial charge in [0.15, 0.2) is 0 Å². The minimum Gasteiger partial charge on any atom is -0.545 e. The van der Waals surface area contributed by atoms with E-state index in [0.29, 0.717) is 30.0 Å². The predicted octanol–water partition coefficient (Wildman–Crippen LogP) is 1.10. The van der Waals surface area contributed by atoms with Crippen LogP contribution >= 0.6 is 0 Å². The number of rotatable bonds is 8. The summed E-state index contributed by atoms with van der Waals surface area (Å²) in [5, 5.41) is 14.1. The first kappa shape index (κ1) is 19.2. The predicted molar refractivity (Wildman–Crippen MR) is 97.7 cm³/mol. The van der Waals surface area contributed by atoms with E-state index in [-0.39, 0.29) is 12.5 Å². The van der Waals surface area contributed by atoms with Gasteiger partial charge in [-0.1, -0.05) is 36.4 Å². The van der Waals surface area contributed by atoms with Crippen LogP contribution in [0.3, 0.4) is 0 Å². The van der Waals surface area contributed by atoms with Gasteiger partial charge in [0.2, 0.25) is 0 Å². The van der Waals surface area contributed by atoms with E-state index in [1.165, 1.54) is 0 Å². The molecule has 136 valence electrons. The lowest BCUT2D eigenvalue weighted by Crippen LogP contribution is -2.24. The number of ether oxygens (including phenoxy) is 1. The molecule has 2 rings (SSSR count). The van der Waals surface area contributed by atoms with Crippen LogP contribution in [-0.2, 0) is 20.9 Å². The molecule has 0 saturated carbocycles. The largest absolute Gasteiger partial charge is 0.545 e. The standard InChI is InChI=1S/C20H22N2O4/c1-2-26-20(25)13-22-12-16-10-15(8-9-18(16)21)17(11-19(23)24)14-6-4-3-5-7-14/h3-11,22H,2,12-13,21H2,1H3,(H,23,24)/p-1/b17-11+. The molecule has 0 unspecified atom stereocenters. The Morgan fingerprint density at radius 1 is 1.15 bits per heavy atom. The Bertz CT molecular complexity index is 801. The minimum atomic E-state index is -1.28. The number of nitrogen functional groups attached to an aromatic ring is 1. The van der Waals surface area contributed by atoms with E-state index >= 15 is 0 Å². The summed E-state index contributed by atoms with van der Waals surface area (Å²) >= 11 is 0. The SMILES string of the molecule is CCOC(=O)CNCc1cc(/C(=C/C(=O)[O-])c2ccccc2)ccc1N. The van der Waals surface area contributed by atoms with Crippen LogP contribution in [0.15, 0.2) is 54.6 Å². The van der Waals surface area contributed by atoms with Crippen LogP contribution in [0.25, 0.3) is 5.57 Å². The van der Waals surface area contributed by atoms with E-state index in [9.17, 15) is 14.7 Å². The number of carboxylic acids is 1. The average molecular weight is 353 g/mol. The number of hydrogen-bond donors (Lipinski definition) is 2. The number of carbonyl (C=O) groups excluding carboxylic acids is 2. The lowest BCUT2D eigenvalue weighted by molar-refractivity contribution is -0.297. The molecule has 0 spiro atoms. The van der Waals surface area contributed by atoms with Crippen LogP contribution in [0.5, 0.6) is 0 Å². The summed E-state index contributed by atoms with van der Waals surface area (Å²) in [4.78, 5) is 22.5. The highest BCUT2D eigenvalue weighted by Crippen LogP contribution is 2.26. The van der Waals surface area contributed by atoms with Crippen molar-refractivity contribution in [1.82, 2.24) is 5.32 Å². The van der Waals surface area contributed by atoms with Gasteiger partial charge in [0.05, 0.1) is 19.1 Å². The number of hydrogen-bond acceptors (Lipinski definition) is 6. The molecule has 0 atom stereocenters. The lowest BCUT2D eigenvalue weighted by Gasteiger charge is -2.13. The van der Waals surface area contributed by atoms with E-state index in [4.69, 9.17) is 10.5 Å². The zero-order valence-electron chi connectivity index (χ0n) is 14.5. The van der Waals surface area contributed by atoms with Gasteiger partial charge in [-0.3, -0.25) is 4.79 Å². The number of aliphatic carboxylic acids is 1. The fraction of sp³-hybridized carbons (Fsp3) is 0.200. The van der Waals surface area contributed by atoms with E-state index in [0.717, 1.165) is 17.2 Å². The summed E-state index contributed by atoms with van der Waals surface area (Å²) in [6.45, 7) is 2.49. The third-order valence-corrected chi connectivity index (χ3v) is 3.69. The van der Waals surface area contributed by atoms with Gasteiger partial charge in [0.1, 0.15) is 0 Å². The molecular weight excluding hydrogens is 332 g/mol. The van der Waals surface area contributed by atoms with Gasteiger partial charge in [-0.2, -0.15) is 0 Å². The third-order valence-electron chi connectivity index (χ3n) is 3.69. The summed E-state index contributed by atoms with van der Waals surface area (Å²) in [5.41, 5.74) is 9.28. The van der Waals surface area contributed by atoms with Gasteiger partial charge < -0.3 is 25.7 Å². The number of nitrogens with two attached hydrogens (primary N) is 1. The molecule has 3 N–H and O–H groups in total. The molecule has 0 aliphatic carbocycles. The number of benzene rings is 2. The summed E-state index contributed by atoms with van der Waals surface area (Å²) in [6.07, 6.45) is 1.07. The maximum atomic E-state index is 11.4. The van der Waals surface area contributed by atoms with Gasteiger partial charge in [0.25, 0.3) is 0 Å². The van der Waals surface area contributed by atoms with Gasteiger partial charge in [0, 0.05) is 12.2 Å². The zero-order chi connectivity index (χ0) is 18.9. The zero-order valence-corrected chi connectivity index (χ0v) is 14.5. The van der Waals surface area contributed by atoms with Gasteiger partial charge in [-0.25, -0.2) is 0 Å². The molecule has 0 radical (unpaired) electrons. The maximum absolute atomic E-state index is 11.4. The Balaban J connectivity index is 2.25. The van der Waals surface area contributed by atoms with Gasteiger partial charge in [-0.05, 0) is 47.4 Å². The molecule has 26 heavy (non-hydrogen) atoms. The van der Waals surface area contributed by atoms with Crippen molar-refractivity contribution in [2.45, 2.75) is 13.5 Å². The molecule has 2 aromatic carbocycles. The van der Waals surface area contributed by atoms with Crippen molar-refractivity contribution in [3.63, 3.8) is 0 Å². The molecule has 0 saturated heterocycles.